The van der Waals surface area contributed by atoms with E-state index in [1.807, 2.05) is 27.2 Å². The third-order valence-corrected chi connectivity index (χ3v) is 9.21. The van der Waals surface area contributed by atoms with Crippen molar-refractivity contribution in [2.75, 3.05) is 40.9 Å². The Morgan fingerprint density at radius 2 is 1.20 bits per heavy atom. The normalized spacial score (nSPS) is 14.9. The number of rotatable bonds is 33. The summed E-state index contributed by atoms with van der Waals surface area (Å²) in [6.07, 6.45) is 29.6. The summed E-state index contributed by atoms with van der Waals surface area (Å²) in [6, 6.07) is -0.876. The molecule has 45 heavy (non-hydrogen) atoms. The predicted octanol–water partition coefficient (Wildman–Crippen LogP) is 8.61. The SMILES string of the molecule is CCCCCCCCCC/C=C/C(O)C(COP(=O)([O-])OCC[N+](C)(C)C)NC(=O)CCCCCCCCCCCCCCC. The monoisotopic (exact) mass is 661 g/mol. The first kappa shape index (κ1) is 44.2. The molecule has 0 spiro atoms. The Morgan fingerprint density at radius 3 is 1.67 bits per heavy atom. The lowest BCUT2D eigenvalue weighted by Crippen LogP contribution is -2.45. The molecule has 0 fully saturated rings. The maximum absolute atomic E-state index is 12.7. The summed E-state index contributed by atoms with van der Waals surface area (Å²) in [5.41, 5.74) is 0. The highest BCUT2D eigenvalue weighted by Crippen LogP contribution is 2.38. The van der Waals surface area contributed by atoms with Gasteiger partial charge in [0.2, 0.25) is 5.91 Å². The number of carbonyl (C=O) groups excluding carboxylic acids is 1. The number of hydrogen-bond donors (Lipinski definition) is 2. The van der Waals surface area contributed by atoms with Crippen LogP contribution in [0, 0.1) is 0 Å². The Balaban J connectivity index is 4.53. The highest BCUT2D eigenvalue weighted by molar-refractivity contribution is 7.45. The van der Waals surface area contributed by atoms with Gasteiger partial charge in [-0.05, 0) is 19.3 Å². The molecule has 0 saturated carbocycles. The summed E-state index contributed by atoms with van der Waals surface area (Å²) in [5.74, 6) is -0.200. The van der Waals surface area contributed by atoms with Crippen LogP contribution in [0.3, 0.4) is 0 Å². The van der Waals surface area contributed by atoms with Crippen LogP contribution in [-0.4, -0.2) is 68.5 Å². The highest BCUT2D eigenvalue weighted by Gasteiger charge is 2.23. The fourth-order valence-electron chi connectivity index (χ4n) is 5.21. The first-order chi connectivity index (χ1) is 21.5. The number of allylic oxidation sites excluding steroid dienone is 1. The molecule has 0 heterocycles. The maximum atomic E-state index is 12.7. The Labute approximate surface area is 278 Å². The molecule has 0 aliphatic heterocycles. The molecular weight excluding hydrogens is 587 g/mol. The van der Waals surface area contributed by atoms with E-state index in [1.165, 1.54) is 103 Å². The third-order valence-electron chi connectivity index (χ3n) is 8.25. The van der Waals surface area contributed by atoms with Gasteiger partial charge in [0.25, 0.3) is 7.82 Å². The molecule has 2 N–H and O–H groups in total. The number of quaternary nitrogens is 1. The molecule has 8 nitrogen and oxygen atoms in total. The molecular formula is C36H73N2O6P. The standard InChI is InChI=1S/C36H73N2O6P/c1-6-8-10-12-14-16-18-19-20-22-24-26-28-30-36(40)37-34(33-44-45(41,42)43-32-31-38(3,4)5)35(39)29-27-25-23-21-17-15-13-11-9-7-2/h27,29,34-35,39H,6-26,28,30-33H2,1-5H3,(H-,37,40,41,42)/b29-27+. The van der Waals surface area contributed by atoms with E-state index >= 15 is 0 Å². The molecule has 9 heteroatoms. The summed E-state index contributed by atoms with van der Waals surface area (Å²) in [6.45, 7) is 4.60. The van der Waals surface area contributed by atoms with E-state index in [0.29, 0.717) is 17.4 Å². The molecule has 0 aromatic rings. The molecule has 0 rings (SSSR count). The minimum Gasteiger partial charge on any atom is -0.756 e. The number of amides is 1. The van der Waals surface area contributed by atoms with E-state index in [1.54, 1.807) is 6.08 Å². The van der Waals surface area contributed by atoms with Crippen molar-refractivity contribution >= 4 is 13.7 Å². The van der Waals surface area contributed by atoms with Gasteiger partial charge in [0.15, 0.2) is 0 Å². The number of nitrogens with one attached hydrogen (secondary N) is 1. The van der Waals surface area contributed by atoms with Gasteiger partial charge in [-0.25, -0.2) is 0 Å². The van der Waals surface area contributed by atoms with E-state index in [-0.39, 0.29) is 19.1 Å². The van der Waals surface area contributed by atoms with Crippen molar-refractivity contribution < 1.29 is 32.9 Å². The zero-order valence-electron chi connectivity index (χ0n) is 30.1. The summed E-state index contributed by atoms with van der Waals surface area (Å²) in [5, 5.41) is 13.6. The van der Waals surface area contributed by atoms with Crippen LogP contribution in [0.25, 0.3) is 0 Å². The zero-order valence-corrected chi connectivity index (χ0v) is 31.0. The first-order valence-corrected chi connectivity index (χ1v) is 20.0. The molecule has 3 unspecified atom stereocenters. The molecule has 0 saturated heterocycles. The Morgan fingerprint density at radius 1 is 0.756 bits per heavy atom. The number of aliphatic hydroxyl groups is 1. The zero-order chi connectivity index (χ0) is 33.7. The number of unbranched alkanes of at least 4 members (excludes halogenated alkanes) is 20. The van der Waals surface area contributed by atoms with Gasteiger partial charge in [0, 0.05) is 6.42 Å². The van der Waals surface area contributed by atoms with Crippen molar-refractivity contribution in [3.63, 3.8) is 0 Å². The van der Waals surface area contributed by atoms with Gasteiger partial charge in [-0.1, -0.05) is 148 Å². The number of nitrogens with zero attached hydrogens (tertiary/aromatic N) is 1. The largest absolute Gasteiger partial charge is 0.756 e. The van der Waals surface area contributed by atoms with E-state index < -0.39 is 20.0 Å². The molecule has 0 bridgehead atoms. The topological polar surface area (TPSA) is 108 Å². The fraction of sp³-hybridized carbons (Fsp3) is 0.917. The number of carbonyl (C=O) groups is 1. The van der Waals surface area contributed by atoms with Crippen LogP contribution in [0.5, 0.6) is 0 Å². The summed E-state index contributed by atoms with van der Waals surface area (Å²) in [4.78, 5) is 25.1. The van der Waals surface area contributed by atoms with Crippen molar-refractivity contribution in [3.8, 4) is 0 Å². The van der Waals surface area contributed by atoms with Gasteiger partial charge in [0.05, 0.1) is 39.9 Å². The molecule has 0 aromatic heterocycles. The van der Waals surface area contributed by atoms with Crippen LogP contribution in [0.1, 0.15) is 162 Å². The van der Waals surface area contributed by atoms with Crippen molar-refractivity contribution in [3.05, 3.63) is 12.2 Å². The first-order valence-electron chi connectivity index (χ1n) is 18.6. The number of likely N-dealkylation sites (N-methyl/N-ethyl adjacent to an activating group) is 1. The molecule has 268 valence electrons. The second-order valence-corrected chi connectivity index (χ2v) is 15.3. The average molecular weight is 661 g/mol. The van der Waals surface area contributed by atoms with Crippen LogP contribution in [0.15, 0.2) is 12.2 Å². The maximum Gasteiger partial charge on any atom is 0.268 e. The van der Waals surface area contributed by atoms with Crippen LogP contribution in [-0.2, 0) is 18.4 Å². The molecule has 0 aromatic carbocycles. The Kier molecular flexibility index (Phi) is 28.9. The van der Waals surface area contributed by atoms with Crippen molar-refractivity contribution in [1.82, 2.24) is 5.32 Å². The Hall–Kier alpha value is -0.760. The molecule has 0 aliphatic rings. The Bertz CT molecular complexity index is 758. The smallest absolute Gasteiger partial charge is 0.268 e. The van der Waals surface area contributed by atoms with Crippen LogP contribution >= 0.6 is 7.82 Å². The van der Waals surface area contributed by atoms with Crippen molar-refractivity contribution in [2.45, 2.75) is 174 Å². The van der Waals surface area contributed by atoms with E-state index in [2.05, 4.69) is 19.2 Å². The van der Waals surface area contributed by atoms with Gasteiger partial charge in [-0.2, -0.15) is 0 Å². The van der Waals surface area contributed by atoms with E-state index in [0.717, 1.165) is 38.5 Å². The number of hydrogen-bond acceptors (Lipinski definition) is 6. The quantitative estimate of drug-likeness (QED) is 0.0316. The molecule has 3 atom stereocenters. The van der Waals surface area contributed by atoms with Gasteiger partial charge in [-0.3, -0.25) is 9.36 Å². The van der Waals surface area contributed by atoms with Crippen LogP contribution < -0.4 is 10.2 Å². The van der Waals surface area contributed by atoms with Gasteiger partial charge < -0.3 is 28.8 Å². The van der Waals surface area contributed by atoms with Crippen LogP contribution in [0.2, 0.25) is 0 Å². The fourth-order valence-corrected chi connectivity index (χ4v) is 5.93. The van der Waals surface area contributed by atoms with Crippen molar-refractivity contribution in [1.29, 1.82) is 0 Å². The van der Waals surface area contributed by atoms with Crippen molar-refractivity contribution in [2.24, 2.45) is 0 Å². The number of phosphoric acid groups is 1. The van der Waals surface area contributed by atoms with Crippen LogP contribution in [0.4, 0.5) is 0 Å². The lowest BCUT2D eigenvalue weighted by molar-refractivity contribution is -0.870. The summed E-state index contributed by atoms with van der Waals surface area (Å²) >= 11 is 0. The molecule has 0 aliphatic carbocycles. The average Bonchev–Trinajstić information content (AvgIpc) is 2.97. The number of phosphoric ester groups is 1. The van der Waals surface area contributed by atoms with Gasteiger partial charge in [-0.15, -0.1) is 0 Å². The predicted molar refractivity (Wildman–Crippen MR) is 187 cm³/mol. The minimum absolute atomic E-state index is 0.00140. The second-order valence-electron chi connectivity index (χ2n) is 13.9. The second kappa shape index (κ2) is 29.4. The lowest BCUT2D eigenvalue weighted by Gasteiger charge is -2.29. The van der Waals surface area contributed by atoms with Gasteiger partial charge in [0.1, 0.15) is 13.2 Å². The molecule has 0 radical (unpaired) electrons. The lowest BCUT2D eigenvalue weighted by atomic mass is 10.0. The summed E-state index contributed by atoms with van der Waals surface area (Å²) in [7, 11) is 1.26. The number of aliphatic hydroxyl groups excluding tert-OH is 1. The van der Waals surface area contributed by atoms with E-state index in [9.17, 15) is 19.4 Å². The van der Waals surface area contributed by atoms with Gasteiger partial charge >= 0.3 is 0 Å². The third kappa shape index (κ3) is 31.6. The highest BCUT2D eigenvalue weighted by atomic mass is 31.2. The minimum atomic E-state index is -4.57. The molecule has 1 amide bonds. The summed E-state index contributed by atoms with van der Waals surface area (Å²) < 4.78 is 23.0. The van der Waals surface area contributed by atoms with E-state index in [4.69, 9.17) is 9.05 Å².